The highest BCUT2D eigenvalue weighted by atomic mass is 16.5. The summed E-state index contributed by atoms with van der Waals surface area (Å²) >= 11 is 0. The molecule has 0 bridgehead atoms. The minimum Gasteiger partial charge on any atom is -0.497 e. The second kappa shape index (κ2) is 5.13. The molecule has 0 saturated heterocycles. The van der Waals surface area contributed by atoms with E-state index in [1.54, 1.807) is 31.5 Å². The van der Waals surface area contributed by atoms with Crippen LogP contribution in [0.25, 0.3) is 10.9 Å². The van der Waals surface area contributed by atoms with Crippen LogP contribution in [0.2, 0.25) is 0 Å². The number of pyridine rings is 1. The zero-order valence-electron chi connectivity index (χ0n) is 11.0. The van der Waals surface area contributed by atoms with E-state index < -0.39 is 0 Å². The summed E-state index contributed by atoms with van der Waals surface area (Å²) in [7, 11) is 1.59. The van der Waals surface area contributed by atoms with Crippen molar-refractivity contribution in [2.75, 3.05) is 7.11 Å². The highest BCUT2D eigenvalue weighted by Gasteiger charge is 2.13. The minimum absolute atomic E-state index is 0.0480. The van der Waals surface area contributed by atoms with Crippen LogP contribution in [0.15, 0.2) is 60.8 Å². The van der Waals surface area contributed by atoms with Gasteiger partial charge in [0.05, 0.1) is 12.6 Å². The zero-order chi connectivity index (χ0) is 13.9. The number of rotatable bonds is 3. The van der Waals surface area contributed by atoms with Crippen molar-refractivity contribution in [3.63, 3.8) is 0 Å². The smallest absolute Gasteiger partial charge is 0.195 e. The third-order valence-electron chi connectivity index (χ3n) is 3.21. The number of hydrogen-bond acceptors (Lipinski definition) is 3. The van der Waals surface area contributed by atoms with Gasteiger partial charge in [-0.05, 0) is 24.3 Å². The quantitative estimate of drug-likeness (QED) is 0.679. The summed E-state index contributed by atoms with van der Waals surface area (Å²) in [4.78, 5) is 17.0. The number of ether oxygens (including phenoxy) is 1. The molecule has 0 saturated carbocycles. The van der Waals surface area contributed by atoms with Crippen LogP contribution in [0.1, 0.15) is 15.9 Å². The highest BCUT2D eigenvalue weighted by molar-refractivity contribution is 6.15. The van der Waals surface area contributed by atoms with Crippen LogP contribution in [-0.2, 0) is 0 Å². The maximum Gasteiger partial charge on any atom is 0.195 e. The van der Waals surface area contributed by atoms with Gasteiger partial charge in [-0.2, -0.15) is 0 Å². The number of hydrogen-bond donors (Lipinski definition) is 0. The molecular formula is C17H13NO2. The topological polar surface area (TPSA) is 39.2 Å². The van der Waals surface area contributed by atoms with Crippen molar-refractivity contribution in [2.24, 2.45) is 0 Å². The first-order valence-corrected chi connectivity index (χ1v) is 6.32. The van der Waals surface area contributed by atoms with Crippen molar-refractivity contribution in [3.8, 4) is 5.75 Å². The molecule has 0 N–H and O–H groups in total. The second-order valence-electron chi connectivity index (χ2n) is 4.44. The molecule has 0 radical (unpaired) electrons. The molecule has 0 amide bonds. The van der Waals surface area contributed by atoms with Crippen molar-refractivity contribution < 1.29 is 9.53 Å². The Morgan fingerprint density at radius 1 is 1.05 bits per heavy atom. The predicted molar refractivity (Wildman–Crippen MR) is 78.2 cm³/mol. The number of carbonyl (C=O) groups is 1. The third-order valence-corrected chi connectivity index (χ3v) is 3.21. The lowest BCUT2D eigenvalue weighted by molar-refractivity contribution is 0.104. The van der Waals surface area contributed by atoms with E-state index in [-0.39, 0.29) is 5.78 Å². The maximum absolute atomic E-state index is 12.6. The molecule has 3 nitrogen and oxygen atoms in total. The van der Waals surface area contributed by atoms with E-state index >= 15 is 0 Å². The molecule has 0 aliphatic carbocycles. The van der Waals surface area contributed by atoms with Gasteiger partial charge in [0.15, 0.2) is 5.78 Å². The first-order chi connectivity index (χ1) is 9.79. The SMILES string of the molecule is COc1cccc(C(=O)c2cccc3cccnc23)c1. The lowest BCUT2D eigenvalue weighted by Gasteiger charge is -2.06. The molecule has 98 valence electrons. The number of carbonyl (C=O) groups excluding carboxylic acids is 1. The Hall–Kier alpha value is -2.68. The number of aromatic nitrogens is 1. The van der Waals surface area contributed by atoms with Crippen molar-refractivity contribution >= 4 is 16.7 Å². The molecule has 0 unspecified atom stereocenters. The van der Waals surface area contributed by atoms with Gasteiger partial charge in [0.2, 0.25) is 0 Å². The summed E-state index contributed by atoms with van der Waals surface area (Å²) < 4.78 is 5.16. The number of para-hydroxylation sites is 1. The average Bonchev–Trinajstić information content (AvgIpc) is 2.53. The number of nitrogens with zero attached hydrogens (tertiary/aromatic N) is 1. The number of fused-ring (bicyclic) bond motifs is 1. The lowest BCUT2D eigenvalue weighted by atomic mass is 10.0. The largest absolute Gasteiger partial charge is 0.497 e. The van der Waals surface area contributed by atoms with Crippen LogP contribution in [0.3, 0.4) is 0 Å². The third kappa shape index (κ3) is 2.14. The van der Waals surface area contributed by atoms with Gasteiger partial charge in [-0.3, -0.25) is 9.78 Å². The van der Waals surface area contributed by atoms with E-state index in [0.29, 0.717) is 16.9 Å². The Balaban J connectivity index is 2.12. The van der Waals surface area contributed by atoms with Crippen LogP contribution < -0.4 is 4.74 Å². The molecule has 2 aromatic carbocycles. The molecule has 0 fully saturated rings. The van der Waals surface area contributed by atoms with Gasteiger partial charge in [0, 0.05) is 22.7 Å². The van der Waals surface area contributed by atoms with Crippen molar-refractivity contribution in [2.45, 2.75) is 0 Å². The summed E-state index contributed by atoms with van der Waals surface area (Å²) in [6.45, 7) is 0. The number of ketones is 1. The van der Waals surface area contributed by atoms with Crippen molar-refractivity contribution in [3.05, 3.63) is 71.9 Å². The molecule has 0 atom stereocenters. The lowest BCUT2D eigenvalue weighted by Crippen LogP contribution is -2.03. The maximum atomic E-state index is 12.6. The van der Waals surface area contributed by atoms with Crippen LogP contribution in [-0.4, -0.2) is 17.9 Å². The second-order valence-corrected chi connectivity index (χ2v) is 4.44. The molecule has 0 aliphatic rings. The van der Waals surface area contributed by atoms with Gasteiger partial charge in [0.25, 0.3) is 0 Å². The van der Waals surface area contributed by atoms with Crippen molar-refractivity contribution in [1.29, 1.82) is 0 Å². The Morgan fingerprint density at radius 3 is 2.70 bits per heavy atom. The molecule has 1 aromatic heterocycles. The van der Waals surface area contributed by atoms with Crippen LogP contribution in [0.5, 0.6) is 5.75 Å². The summed E-state index contributed by atoms with van der Waals surface area (Å²) in [6, 6.07) is 16.6. The van der Waals surface area contributed by atoms with E-state index in [9.17, 15) is 4.79 Å². The first kappa shape index (κ1) is 12.4. The molecule has 0 aliphatic heterocycles. The normalized spacial score (nSPS) is 10.4. The highest BCUT2D eigenvalue weighted by Crippen LogP contribution is 2.21. The predicted octanol–water partition coefficient (Wildman–Crippen LogP) is 3.47. The number of methoxy groups -OCH3 is 1. The van der Waals surface area contributed by atoms with Crippen LogP contribution >= 0.6 is 0 Å². The van der Waals surface area contributed by atoms with Gasteiger partial charge in [-0.1, -0.05) is 30.3 Å². The Morgan fingerprint density at radius 2 is 1.85 bits per heavy atom. The fourth-order valence-corrected chi connectivity index (χ4v) is 2.21. The van der Waals surface area contributed by atoms with Gasteiger partial charge in [-0.15, -0.1) is 0 Å². The summed E-state index contributed by atoms with van der Waals surface area (Å²) in [6.07, 6.45) is 1.70. The zero-order valence-corrected chi connectivity index (χ0v) is 11.0. The van der Waals surface area contributed by atoms with Crippen LogP contribution in [0.4, 0.5) is 0 Å². The Bertz CT molecular complexity index is 775. The molecular weight excluding hydrogens is 250 g/mol. The van der Waals surface area contributed by atoms with E-state index in [1.165, 1.54) is 0 Å². The average molecular weight is 263 g/mol. The fourth-order valence-electron chi connectivity index (χ4n) is 2.21. The van der Waals surface area contributed by atoms with Crippen LogP contribution in [0, 0.1) is 0 Å². The van der Waals surface area contributed by atoms with E-state index in [2.05, 4.69) is 4.98 Å². The Kier molecular flexibility index (Phi) is 3.17. The Labute approximate surface area is 116 Å². The molecule has 1 heterocycles. The fraction of sp³-hybridized carbons (Fsp3) is 0.0588. The molecule has 20 heavy (non-hydrogen) atoms. The van der Waals surface area contributed by atoms with Gasteiger partial charge < -0.3 is 4.74 Å². The van der Waals surface area contributed by atoms with E-state index in [4.69, 9.17) is 4.74 Å². The van der Waals surface area contributed by atoms with Crippen molar-refractivity contribution in [1.82, 2.24) is 4.98 Å². The summed E-state index contributed by atoms with van der Waals surface area (Å²) in [5.74, 6) is 0.622. The summed E-state index contributed by atoms with van der Waals surface area (Å²) in [5, 5.41) is 0.959. The number of benzene rings is 2. The van der Waals surface area contributed by atoms with E-state index in [1.807, 2.05) is 36.4 Å². The minimum atomic E-state index is -0.0480. The monoisotopic (exact) mass is 263 g/mol. The van der Waals surface area contributed by atoms with Gasteiger partial charge >= 0.3 is 0 Å². The first-order valence-electron chi connectivity index (χ1n) is 6.32. The van der Waals surface area contributed by atoms with Gasteiger partial charge in [-0.25, -0.2) is 0 Å². The molecule has 3 rings (SSSR count). The van der Waals surface area contributed by atoms with Gasteiger partial charge in [0.1, 0.15) is 5.75 Å². The standard InChI is InChI=1S/C17H13NO2/c1-20-14-8-2-6-13(11-14)17(19)15-9-3-5-12-7-4-10-18-16(12)15/h2-11H,1H3. The summed E-state index contributed by atoms with van der Waals surface area (Å²) in [5.41, 5.74) is 1.93. The molecule has 0 spiro atoms. The molecule has 3 heteroatoms. The van der Waals surface area contributed by atoms with E-state index in [0.717, 1.165) is 10.9 Å². The molecule has 3 aromatic rings.